The minimum absolute atomic E-state index is 0.466. The molecule has 3 N–H and O–H groups in total. The Hall–Kier alpha value is -0.870. The number of anilines is 1. The van der Waals surface area contributed by atoms with Crippen LogP contribution in [0.5, 0.6) is 0 Å². The Balaban J connectivity index is 2.72. The average molecular weight is 260 g/mol. The average Bonchev–Trinajstić information content (AvgIpc) is 2.16. The maximum Gasteiger partial charge on any atom is 0.309 e. The molecule has 0 atom stereocenters. The van der Waals surface area contributed by atoms with E-state index in [1.54, 1.807) is 32.0 Å². The molecule has 0 heterocycles. The molecule has 0 spiro atoms. The van der Waals surface area contributed by atoms with Crippen molar-refractivity contribution in [3.8, 4) is 0 Å². The van der Waals surface area contributed by atoms with Crippen molar-refractivity contribution >= 4 is 35.0 Å². The number of carboxylic acids is 1. The van der Waals surface area contributed by atoms with Crippen molar-refractivity contribution in [2.45, 2.75) is 18.7 Å². The van der Waals surface area contributed by atoms with E-state index >= 15 is 0 Å². The summed E-state index contributed by atoms with van der Waals surface area (Å²) in [6, 6.07) is 5.21. The summed E-state index contributed by atoms with van der Waals surface area (Å²) in [5.41, 5.74) is 5.59. The largest absolute Gasteiger partial charge is 0.481 e. The van der Waals surface area contributed by atoms with E-state index in [0.29, 0.717) is 16.5 Å². The van der Waals surface area contributed by atoms with Crippen molar-refractivity contribution in [1.82, 2.24) is 0 Å². The standard InChI is InChI=1S/C11H14ClNO2S/c1-11(2,10(14)15)6-16-9-4-3-7(12)5-8(9)13/h3-5H,6,13H2,1-2H3,(H,14,15). The fraction of sp³-hybridized carbons (Fsp3) is 0.364. The van der Waals surface area contributed by atoms with Gasteiger partial charge in [0.05, 0.1) is 5.41 Å². The number of hydrogen-bond acceptors (Lipinski definition) is 3. The Morgan fingerprint density at radius 1 is 1.56 bits per heavy atom. The van der Waals surface area contributed by atoms with Gasteiger partial charge in [-0.05, 0) is 32.0 Å². The van der Waals surface area contributed by atoms with E-state index in [0.717, 1.165) is 4.90 Å². The van der Waals surface area contributed by atoms with E-state index < -0.39 is 11.4 Å². The smallest absolute Gasteiger partial charge is 0.309 e. The Morgan fingerprint density at radius 2 is 2.19 bits per heavy atom. The molecule has 16 heavy (non-hydrogen) atoms. The lowest BCUT2D eigenvalue weighted by molar-refractivity contribution is -0.145. The summed E-state index contributed by atoms with van der Waals surface area (Å²) >= 11 is 7.20. The number of nitrogens with two attached hydrogens (primary N) is 1. The molecule has 0 aliphatic heterocycles. The molecule has 0 radical (unpaired) electrons. The van der Waals surface area contributed by atoms with Crippen molar-refractivity contribution in [2.24, 2.45) is 5.41 Å². The van der Waals surface area contributed by atoms with E-state index in [-0.39, 0.29) is 0 Å². The van der Waals surface area contributed by atoms with Crippen LogP contribution < -0.4 is 5.73 Å². The third-order valence-corrected chi connectivity index (χ3v) is 3.92. The Morgan fingerprint density at radius 3 is 2.69 bits per heavy atom. The number of halogens is 1. The highest BCUT2D eigenvalue weighted by Crippen LogP contribution is 2.32. The normalized spacial score (nSPS) is 11.4. The SMILES string of the molecule is CC(C)(CSc1ccc(Cl)cc1N)C(=O)O. The number of nitrogen functional groups attached to an aromatic ring is 1. The van der Waals surface area contributed by atoms with Crippen molar-refractivity contribution in [3.63, 3.8) is 0 Å². The summed E-state index contributed by atoms with van der Waals surface area (Å²) in [6.07, 6.45) is 0. The lowest BCUT2D eigenvalue weighted by atomic mass is 9.97. The molecule has 0 saturated carbocycles. The van der Waals surface area contributed by atoms with Crippen LogP contribution in [0.2, 0.25) is 5.02 Å². The highest BCUT2D eigenvalue weighted by molar-refractivity contribution is 7.99. The summed E-state index contributed by atoms with van der Waals surface area (Å²) in [5, 5.41) is 9.55. The van der Waals surface area contributed by atoms with Crippen LogP contribution in [-0.4, -0.2) is 16.8 Å². The molecular formula is C11H14ClNO2S. The molecule has 0 aliphatic rings. The van der Waals surface area contributed by atoms with Gasteiger partial charge in [-0.25, -0.2) is 0 Å². The van der Waals surface area contributed by atoms with Gasteiger partial charge >= 0.3 is 5.97 Å². The van der Waals surface area contributed by atoms with Crippen LogP contribution in [0.3, 0.4) is 0 Å². The third kappa shape index (κ3) is 3.32. The van der Waals surface area contributed by atoms with Gasteiger partial charge in [-0.1, -0.05) is 11.6 Å². The van der Waals surface area contributed by atoms with Gasteiger partial charge in [0.15, 0.2) is 0 Å². The van der Waals surface area contributed by atoms with Crippen LogP contribution in [0.4, 0.5) is 5.69 Å². The molecule has 0 aliphatic carbocycles. The quantitative estimate of drug-likeness (QED) is 0.644. The number of carboxylic acid groups (broad SMARTS) is 1. The second kappa shape index (κ2) is 4.97. The second-order valence-electron chi connectivity index (χ2n) is 4.16. The fourth-order valence-corrected chi connectivity index (χ4v) is 2.18. The van der Waals surface area contributed by atoms with Crippen LogP contribution >= 0.6 is 23.4 Å². The van der Waals surface area contributed by atoms with Crippen LogP contribution in [0.15, 0.2) is 23.1 Å². The zero-order valence-corrected chi connectivity index (χ0v) is 10.7. The van der Waals surface area contributed by atoms with E-state index in [4.69, 9.17) is 22.4 Å². The Labute approximate surface area is 104 Å². The molecule has 5 heteroatoms. The molecule has 3 nitrogen and oxygen atoms in total. The topological polar surface area (TPSA) is 63.3 Å². The predicted octanol–water partition coefficient (Wildman–Crippen LogP) is 3.13. The molecule has 0 saturated heterocycles. The summed E-state index contributed by atoms with van der Waals surface area (Å²) in [7, 11) is 0. The summed E-state index contributed by atoms with van der Waals surface area (Å²) < 4.78 is 0. The third-order valence-electron chi connectivity index (χ3n) is 2.14. The lowest BCUT2D eigenvalue weighted by Crippen LogP contribution is -2.26. The molecule has 1 rings (SSSR count). The van der Waals surface area contributed by atoms with Crippen LogP contribution in [0, 0.1) is 5.41 Å². The first-order chi connectivity index (χ1) is 7.33. The molecule has 0 unspecified atom stereocenters. The molecular weight excluding hydrogens is 246 g/mol. The zero-order chi connectivity index (χ0) is 12.3. The maximum atomic E-state index is 10.9. The Bertz CT molecular complexity index is 407. The van der Waals surface area contributed by atoms with E-state index in [2.05, 4.69) is 0 Å². The number of rotatable bonds is 4. The number of carbonyl (C=O) groups is 1. The summed E-state index contributed by atoms with van der Waals surface area (Å²) in [4.78, 5) is 11.8. The van der Waals surface area contributed by atoms with Gasteiger partial charge in [0.1, 0.15) is 0 Å². The lowest BCUT2D eigenvalue weighted by Gasteiger charge is -2.18. The first-order valence-corrected chi connectivity index (χ1v) is 6.10. The van der Waals surface area contributed by atoms with Gasteiger partial charge in [0, 0.05) is 21.4 Å². The summed E-state index contributed by atoms with van der Waals surface area (Å²) in [5.74, 6) is -0.346. The molecule has 0 amide bonds. The number of aliphatic carboxylic acids is 1. The molecule has 88 valence electrons. The van der Waals surface area contributed by atoms with Gasteiger partial charge < -0.3 is 10.8 Å². The van der Waals surface area contributed by atoms with E-state index in [1.165, 1.54) is 11.8 Å². The highest BCUT2D eigenvalue weighted by Gasteiger charge is 2.27. The van der Waals surface area contributed by atoms with Crippen molar-refractivity contribution in [2.75, 3.05) is 11.5 Å². The van der Waals surface area contributed by atoms with Crippen molar-refractivity contribution in [1.29, 1.82) is 0 Å². The van der Waals surface area contributed by atoms with Gasteiger partial charge in [-0.2, -0.15) is 0 Å². The van der Waals surface area contributed by atoms with Crippen LogP contribution in [0.25, 0.3) is 0 Å². The van der Waals surface area contributed by atoms with Gasteiger partial charge in [0.25, 0.3) is 0 Å². The molecule has 1 aromatic carbocycles. The fourth-order valence-electron chi connectivity index (χ4n) is 0.971. The van der Waals surface area contributed by atoms with Gasteiger partial charge in [0.2, 0.25) is 0 Å². The Kier molecular flexibility index (Phi) is 4.10. The first kappa shape index (κ1) is 13.2. The molecule has 0 aromatic heterocycles. The number of thioether (sulfide) groups is 1. The van der Waals surface area contributed by atoms with Gasteiger partial charge in [-0.15, -0.1) is 11.8 Å². The number of hydrogen-bond donors (Lipinski definition) is 2. The maximum absolute atomic E-state index is 10.9. The molecule has 0 bridgehead atoms. The zero-order valence-electron chi connectivity index (χ0n) is 9.16. The van der Waals surface area contributed by atoms with Gasteiger partial charge in [-0.3, -0.25) is 4.79 Å². The van der Waals surface area contributed by atoms with Crippen molar-refractivity contribution in [3.05, 3.63) is 23.2 Å². The van der Waals surface area contributed by atoms with E-state index in [9.17, 15) is 4.79 Å². The first-order valence-electron chi connectivity index (χ1n) is 4.74. The monoisotopic (exact) mass is 259 g/mol. The highest BCUT2D eigenvalue weighted by atomic mass is 35.5. The minimum atomic E-state index is -0.812. The molecule has 1 aromatic rings. The minimum Gasteiger partial charge on any atom is -0.481 e. The van der Waals surface area contributed by atoms with E-state index in [1.807, 2.05) is 0 Å². The predicted molar refractivity (Wildman–Crippen MR) is 68.0 cm³/mol. The van der Waals surface area contributed by atoms with Crippen LogP contribution in [0.1, 0.15) is 13.8 Å². The summed E-state index contributed by atoms with van der Waals surface area (Å²) in [6.45, 7) is 3.38. The second-order valence-corrected chi connectivity index (χ2v) is 5.61. The number of benzene rings is 1. The van der Waals surface area contributed by atoms with Crippen molar-refractivity contribution < 1.29 is 9.90 Å². The molecule has 0 fully saturated rings. The van der Waals surface area contributed by atoms with Crippen LogP contribution in [-0.2, 0) is 4.79 Å².